The minimum Gasteiger partial charge on any atom is -0.482 e. The lowest BCUT2D eigenvalue weighted by Gasteiger charge is -2.36. The number of para-hydroxylation sites is 2. The van der Waals surface area contributed by atoms with Crippen LogP contribution in [0.15, 0.2) is 78.9 Å². The van der Waals surface area contributed by atoms with Gasteiger partial charge in [0.1, 0.15) is 17.2 Å². The number of rotatable bonds is 10. The highest BCUT2D eigenvalue weighted by molar-refractivity contribution is 5.77. The number of carbonyl (C=O) groups excluding carboxylic acids is 1. The first-order valence-corrected chi connectivity index (χ1v) is 11.8. The minimum atomic E-state index is -1.01. The molecule has 0 spiro atoms. The molecule has 3 aromatic rings. The topological polar surface area (TPSA) is 88.1 Å². The molecule has 0 radical (unpaired) electrons. The fraction of sp³-hybridized carbons (Fsp3) is 0.286. The van der Waals surface area contributed by atoms with Gasteiger partial charge in [0.15, 0.2) is 6.61 Å². The van der Waals surface area contributed by atoms with E-state index < -0.39 is 5.97 Å². The van der Waals surface area contributed by atoms with E-state index in [0.29, 0.717) is 31.6 Å². The number of carbonyl (C=O) groups is 2. The Hall–Kier alpha value is -3.84. The number of amides is 1. The van der Waals surface area contributed by atoms with Crippen molar-refractivity contribution in [2.24, 2.45) is 0 Å². The number of nitrogens with zero attached hydrogens (tertiary/aromatic N) is 1. The third kappa shape index (κ3) is 7.07. The van der Waals surface area contributed by atoms with E-state index in [1.54, 1.807) is 12.1 Å². The van der Waals surface area contributed by atoms with Crippen LogP contribution in [0.25, 0.3) is 0 Å². The van der Waals surface area contributed by atoms with Crippen LogP contribution in [0.4, 0.5) is 0 Å². The van der Waals surface area contributed by atoms with Crippen LogP contribution in [0.1, 0.15) is 17.5 Å². The number of benzene rings is 3. The highest BCUT2D eigenvalue weighted by Gasteiger charge is 2.26. The lowest BCUT2D eigenvalue weighted by Crippen LogP contribution is -2.54. The SMILES string of the molecule is O=C(O)COc1ccc(CC2CNCCN2C(=O)CCc2ccccc2Oc2ccccc2)cc1. The Morgan fingerprint density at radius 2 is 1.69 bits per heavy atom. The summed E-state index contributed by atoms with van der Waals surface area (Å²) >= 11 is 0. The quantitative estimate of drug-likeness (QED) is 0.463. The number of ether oxygens (including phenoxy) is 2. The summed E-state index contributed by atoms with van der Waals surface area (Å²) < 4.78 is 11.3. The largest absolute Gasteiger partial charge is 0.482 e. The first kappa shape index (κ1) is 24.3. The second-order valence-electron chi connectivity index (χ2n) is 8.50. The van der Waals surface area contributed by atoms with Gasteiger partial charge < -0.3 is 24.8 Å². The maximum Gasteiger partial charge on any atom is 0.341 e. The van der Waals surface area contributed by atoms with Crippen molar-refractivity contribution in [1.82, 2.24) is 10.2 Å². The maximum atomic E-state index is 13.2. The zero-order valence-electron chi connectivity index (χ0n) is 19.6. The van der Waals surface area contributed by atoms with E-state index in [2.05, 4.69) is 5.32 Å². The summed E-state index contributed by atoms with van der Waals surface area (Å²) in [5.41, 5.74) is 2.08. The van der Waals surface area contributed by atoms with Gasteiger partial charge in [0.2, 0.25) is 5.91 Å². The first-order valence-electron chi connectivity index (χ1n) is 11.8. The molecule has 0 saturated carbocycles. The molecule has 3 aromatic carbocycles. The number of carboxylic acids is 1. The molecule has 1 atom stereocenters. The normalized spacial score (nSPS) is 15.4. The number of piperazine rings is 1. The molecule has 35 heavy (non-hydrogen) atoms. The molecule has 1 aliphatic heterocycles. The van der Waals surface area contributed by atoms with E-state index in [0.717, 1.165) is 35.7 Å². The predicted molar refractivity (Wildman–Crippen MR) is 133 cm³/mol. The van der Waals surface area contributed by atoms with Crippen molar-refractivity contribution >= 4 is 11.9 Å². The third-order valence-electron chi connectivity index (χ3n) is 5.98. The van der Waals surface area contributed by atoms with Crippen LogP contribution in [-0.4, -0.2) is 54.2 Å². The van der Waals surface area contributed by atoms with E-state index in [-0.39, 0.29) is 18.6 Å². The molecule has 1 aliphatic rings. The first-order chi connectivity index (χ1) is 17.1. The Bertz CT molecular complexity index is 1120. The van der Waals surface area contributed by atoms with Crippen molar-refractivity contribution in [2.45, 2.75) is 25.3 Å². The maximum absolute atomic E-state index is 13.2. The summed E-state index contributed by atoms with van der Waals surface area (Å²) in [6, 6.07) is 24.9. The highest BCUT2D eigenvalue weighted by Crippen LogP contribution is 2.26. The summed E-state index contributed by atoms with van der Waals surface area (Å²) in [6.45, 7) is 1.81. The summed E-state index contributed by atoms with van der Waals surface area (Å²) in [5, 5.41) is 12.1. The molecule has 2 N–H and O–H groups in total. The lowest BCUT2D eigenvalue weighted by molar-refractivity contribution is -0.139. The molecule has 182 valence electrons. The van der Waals surface area contributed by atoms with Crippen molar-refractivity contribution in [3.8, 4) is 17.2 Å². The van der Waals surface area contributed by atoms with Gasteiger partial charge in [0.05, 0.1) is 0 Å². The molecule has 0 bridgehead atoms. The summed E-state index contributed by atoms with van der Waals surface area (Å²) in [5.74, 6) is 1.18. The van der Waals surface area contributed by atoms with Crippen LogP contribution in [0.3, 0.4) is 0 Å². The number of nitrogens with one attached hydrogen (secondary N) is 1. The molecule has 1 fully saturated rings. The van der Waals surface area contributed by atoms with Gasteiger partial charge in [-0.3, -0.25) is 4.79 Å². The number of carboxylic acid groups (broad SMARTS) is 1. The van der Waals surface area contributed by atoms with Gasteiger partial charge in [-0.05, 0) is 54.3 Å². The predicted octanol–water partition coefficient (Wildman–Crippen LogP) is 3.92. The van der Waals surface area contributed by atoms with Crippen molar-refractivity contribution in [3.63, 3.8) is 0 Å². The molecule has 1 saturated heterocycles. The molecule has 0 aromatic heterocycles. The Morgan fingerprint density at radius 3 is 2.46 bits per heavy atom. The number of hydrogen-bond acceptors (Lipinski definition) is 5. The summed E-state index contributed by atoms with van der Waals surface area (Å²) in [7, 11) is 0. The molecule has 1 heterocycles. The smallest absolute Gasteiger partial charge is 0.341 e. The average molecular weight is 475 g/mol. The van der Waals surface area contributed by atoms with Crippen molar-refractivity contribution in [1.29, 1.82) is 0 Å². The standard InChI is InChI=1S/C28H30N2O5/c31-27(15-12-22-6-4-5-9-26(22)35-25-7-2-1-3-8-25)30-17-16-29-19-23(30)18-21-10-13-24(14-11-21)34-20-28(32)33/h1-11,13-14,23,29H,12,15-20H2,(H,32,33). The van der Waals surface area contributed by atoms with Crippen LogP contribution in [0.2, 0.25) is 0 Å². The van der Waals surface area contributed by atoms with E-state index in [1.165, 1.54) is 0 Å². The van der Waals surface area contributed by atoms with E-state index in [4.69, 9.17) is 14.6 Å². The molecule has 1 amide bonds. The second kappa shape index (κ2) is 12.0. The lowest BCUT2D eigenvalue weighted by atomic mass is 10.0. The van der Waals surface area contributed by atoms with Crippen LogP contribution in [0, 0.1) is 0 Å². The Kier molecular flexibility index (Phi) is 8.35. The molecular formula is C28H30N2O5. The minimum absolute atomic E-state index is 0.0536. The van der Waals surface area contributed by atoms with Gasteiger partial charge >= 0.3 is 5.97 Å². The summed E-state index contributed by atoms with van der Waals surface area (Å²) in [6.07, 6.45) is 1.73. The van der Waals surface area contributed by atoms with Crippen LogP contribution in [0.5, 0.6) is 17.2 Å². The number of aliphatic carboxylic acids is 1. The fourth-order valence-electron chi connectivity index (χ4n) is 4.22. The van der Waals surface area contributed by atoms with Crippen LogP contribution >= 0.6 is 0 Å². The van der Waals surface area contributed by atoms with Crippen molar-refractivity contribution in [2.75, 3.05) is 26.2 Å². The zero-order chi connectivity index (χ0) is 24.5. The number of aryl methyl sites for hydroxylation is 1. The van der Waals surface area contributed by atoms with E-state index in [1.807, 2.05) is 71.6 Å². The van der Waals surface area contributed by atoms with Crippen molar-refractivity contribution < 1.29 is 24.2 Å². The molecule has 4 rings (SSSR count). The third-order valence-corrected chi connectivity index (χ3v) is 5.98. The van der Waals surface area contributed by atoms with Gasteiger partial charge in [-0.25, -0.2) is 4.79 Å². The fourth-order valence-corrected chi connectivity index (χ4v) is 4.22. The molecule has 7 heteroatoms. The molecular weight excluding hydrogens is 444 g/mol. The van der Waals surface area contributed by atoms with Gasteiger partial charge in [-0.1, -0.05) is 48.5 Å². The van der Waals surface area contributed by atoms with Crippen LogP contribution < -0.4 is 14.8 Å². The van der Waals surface area contributed by atoms with Gasteiger partial charge in [0, 0.05) is 32.1 Å². The molecule has 7 nitrogen and oxygen atoms in total. The monoisotopic (exact) mass is 474 g/mol. The average Bonchev–Trinajstić information content (AvgIpc) is 2.88. The molecule has 1 unspecified atom stereocenters. The highest BCUT2D eigenvalue weighted by atomic mass is 16.5. The molecule has 0 aliphatic carbocycles. The van der Waals surface area contributed by atoms with E-state index >= 15 is 0 Å². The Labute approximate surface area is 205 Å². The van der Waals surface area contributed by atoms with E-state index in [9.17, 15) is 9.59 Å². The van der Waals surface area contributed by atoms with Crippen LogP contribution in [-0.2, 0) is 22.4 Å². The van der Waals surface area contributed by atoms with Gasteiger partial charge in [-0.15, -0.1) is 0 Å². The zero-order valence-corrected chi connectivity index (χ0v) is 19.6. The van der Waals surface area contributed by atoms with Crippen molar-refractivity contribution in [3.05, 3.63) is 90.0 Å². The number of hydrogen-bond donors (Lipinski definition) is 2. The Morgan fingerprint density at radius 1 is 0.943 bits per heavy atom. The summed E-state index contributed by atoms with van der Waals surface area (Å²) in [4.78, 5) is 25.9. The Balaban J connectivity index is 1.36. The van der Waals surface area contributed by atoms with Gasteiger partial charge in [-0.2, -0.15) is 0 Å². The second-order valence-corrected chi connectivity index (χ2v) is 8.50. The van der Waals surface area contributed by atoms with Gasteiger partial charge in [0.25, 0.3) is 0 Å².